The fraction of sp³-hybridized carbons (Fsp3) is 0.727. The summed E-state index contributed by atoms with van der Waals surface area (Å²) < 4.78 is 0. The molecule has 0 fully saturated rings. The maximum Gasteiger partial charge on any atom is 0.162 e. The molecule has 0 amide bonds. The number of aliphatic hydroxyl groups excluding tert-OH is 1. The monoisotopic (exact) mass is 182 g/mol. The zero-order chi connectivity index (χ0) is 9.68. The summed E-state index contributed by atoms with van der Waals surface area (Å²) in [4.78, 5) is 11.4. The van der Waals surface area contributed by atoms with Crippen molar-refractivity contribution < 1.29 is 9.90 Å². The van der Waals surface area contributed by atoms with Crippen LogP contribution in [0.15, 0.2) is 11.3 Å². The molecule has 0 heterocycles. The van der Waals surface area contributed by atoms with E-state index in [9.17, 15) is 9.90 Å². The molecular weight excluding hydrogens is 164 g/mol. The molecule has 0 saturated carbocycles. The van der Waals surface area contributed by atoms with Crippen molar-refractivity contribution in [2.24, 2.45) is 0 Å². The van der Waals surface area contributed by atoms with Gasteiger partial charge in [-0.05, 0) is 19.3 Å². The Morgan fingerprint density at radius 3 is 2.69 bits per heavy atom. The fourth-order valence-electron chi connectivity index (χ4n) is 1.71. The van der Waals surface area contributed by atoms with Gasteiger partial charge in [0.1, 0.15) is 0 Å². The van der Waals surface area contributed by atoms with Crippen LogP contribution >= 0.6 is 0 Å². The van der Waals surface area contributed by atoms with Crippen LogP contribution in [0.2, 0.25) is 0 Å². The van der Waals surface area contributed by atoms with E-state index in [0.717, 1.165) is 32.1 Å². The molecule has 0 saturated heterocycles. The second-order valence-electron chi connectivity index (χ2n) is 3.66. The number of carbonyl (C=O) groups is 1. The van der Waals surface area contributed by atoms with E-state index >= 15 is 0 Å². The number of Topliss-reactive ketones (excluding diaryl/α,β-unsaturated/α-hetero) is 1. The fourth-order valence-corrected chi connectivity index (χ4v) is 1.71. The van der Waals surface area contributed by atoms with Gasteiger partial charge < -0.3 is 5.11 Å². The summed E-state index contributed by atoms with van der Waals surface area (Å²) in [6, 6.07) is 0. The predicted molar refractivity (Wildman–Crippen MR) is 52.7 cm³/mol. The smallest absolute Gasteiger partial charge is 0.162 e. The van der Waals surface area contributed by atoms with Crippen LogP contribution in [-0.2, 0) is 4.79 Å². The standard InChI is InChI=1S/C11H18O2/c1-2-3-4-6-9-10(12)7-5-8-11(9)13/h12H,2-8H2,1H3. The Morgan fingerprint density at radius 1 is 1.31 bits per heavy atom. The Kier molecular flexibility index (Phi) is 4.00. The highest BCUT2D eigenvalue weighted by atomic mass is 16.3. The van der Waals surface area contributed by atoms with Gasteiger partial charge in [-0.3, -0.25) is 4.79 Å². The quantitative estimate of drug-likeness (QED) is 0.678. The van der Waals surface area contributed by atoms with E-state index in [2.05, 4.69) is 6.92 Å². The number of ketones is 1. The molecule has 2 heteroatoms. The first kappa shape index (κ1) is 10.3. The van der Waals surface area contributed by atoms with Gasteiger partial charge in [0.25, 0.3) is 0 Å². The molecule has 0 atom stereocenters. The van der Waals surface area contributed by atoms with Crippen molar-refractivity contribution in [3.8, 4) is 0 Å². The van der Waals surface area contributed by atoms with Crippen LogP contribution in [0.4, 0.5) is 0 Å². The number of hydrogen-bond acceptors (Lipinski definition) is 2. The second kappa shape index (κ2) is 5.05. The summed E-state index contributed by atoms with van der Waals surface area (Å²) >= 11 is 0. The Morgan fingerprint density at radius 2 is 2.08 bits per heavy atom. The first-order valence-corrected chi connectivity index (χ1v) is 5.20. The molecule has 0 aromatic heterocycles. The highest BCUT2D eigenvalue weighted by molar-refractivity contribution is 5.96. The summed E-state index contributed by atoms with van der Waals surface area (Å²) in [7, 11) is 0. The highest BCUT2D eigenvalue weighted by Gasteiger charge is 2.18. The van der Waals surface area contributed by atoms with E-state index in [1.165, 1.54) is 0 Å². The molecule has 0 aromatic rings. The van der Waals surface area contributed by atoms with E-state index in [1.54, 1.807) is 0 Å². The molecule has 74 valence electrons. The summed E-state index contributed by atoms with van der Waals surface area (Å²) in [5.41, 5.74) is 0.708. The molecule has 0 bridgehead atoms. The van der Waals surface area contributed by atoms with Gasteiger partial charge in [0, 0.05) is 18.4 Å². The molecule has 0 aromatic carbocycles. The molecule has 1 aliphatic rings. The molecule has 13 heavy (non-hydrogen) atoms. The summed E-state index contributed by atoms with van der Waals surface area (Å²) in [6.07, 6.45) is 6.26. The Labute approximate surface area is 79.6 Å². The van der Waals surface area contributed by atoms with Gasteiger partial charge in [-0.15, -0.1) is 0 Å². The normalized spacial score (nSPS) is 18.1. The van der Waals surface area contributed by atoms with Gasteiger partial charge in [-0.25, -0.2) is 0 Å². The van der Waals surface area contributed by atoms with Gasteiger partial charge in [-0.1, -0.05) is 19.8 Å². The second-order valence-corrected chi connectivity index (χ2v) is 3.66. The summed E-state index contributed by atoms with van der Waals surface area (Å²) in [5, 5.41) is 9.50. The van der Waals surface area contributed by atoms with Crippen molar-refractivity contribution in [2.45, 2.75) is 51.9 Å². The lowest BCUT2D eigenvalue weighted by Crippen LogP contribution is -2.11. The van der Waals surface area contributed by atoms with Crippen LogP contribution < -0.4 is 0 Å². The van der Waals surface area contributed by atoms with Crippen molar-refractivity contribution in [1.29, 1.82) is 0 Å². The zero-order valence-corrected chi connectivity index (χ0v) is 8.31. The van der Waals surface area contributed by atoms with E-state index in [-0.39, 0.29) is 5.78 Å². The number of unbranched alkanes of at least 4 members (excludes halogenated alkanes) is 2. The van der Waals surface area contributed by atoms with Crippen molar-refractivity contribution in [3.05, 3.63) is 11.3 Å². The predicted octanol–water partition coefficient (Wildman–Crippen LogP) is 3.13. The minimum absolute atomic E-state index is 0.167. The van der Waals surface area contributed by atoms with E-state index < -0.39 is 0 Å². The third-order valence-corrected chi connectivity index (χ3v) is 2.53. The van der Waals surface area contributed by atoms with Crippen LogP contribution in [0.3, 0.4) is 0 Å². The molecule has 0 spiro atoms. The number of aliphatic hydroxyl groups is 1. The summed E-state index contributed by atoms with van der Waals surface area (Å²) in [5.74, 6) is 0.521. The molecule has 0 radical (unpaired) electrons. The van der Waals surface area contributed by atoms with Gasteiger partial charge >= 0.3 is 0 Å². The van der Waals surface area contributed by atoms with Crippen molar-refractivity contribution >= 4 is 5.78 Å². The highest BCUT2D eigenvalue weighted by Crippen LogP contribution is 2.24. The van der Waals surface area contributed by atoms with Crippen LogP contribution in [0, 0.1) is 0 Å². The molecule has 0 aliphatic heterocycles. The van der Waals surface area contributed by atoms with Crippen LogP contribution in [-0.4, -0.2) is 10.9 Å². The van der Waals surface area contributed by atoms with E-state index in [1.807, 2.05) is 0 Å². The first-order chi connectivity index (χ1) is 6.25. The number of allylic oxidation sites excluding steroid dienone is 2. The Bertz CT molecular complexity index is 216. The molecule has 1 N–H and O–H groups in total. The molecule has 0 unspecified atom stereocenters. The first-order valence-electron chi connectivity index (χ1n) is 5.20. The molecule has 2 nitrogen and oxygen atoms in total. The number of carbonyl (C=O) groups excluding carboxylic acids is 1. The third kappa shape index (κ3) is 2.87. The average molecular weight is 182 g/mol. The van der Waals surface area contributed by atoms with Gasteiger partial charge in [0.05, 0.1) is 5.76 Å². The SMILES string of the molecule is CCCCCC1=C(O)CCCC1=O. The maximum atomic E-state index is 11.4. The minimum atomic E-state index is 0.167. The average Bonchev–Trinajstić information content (AvgIpc) is 2.10. The molecule has 1 rings (SSSR count). The van der Waals surface area contributed by atoms with Crippen molar-refractivity contribution in [2.75, 3.05) is 0 Å². The summed E-state index contributed by atoms with van der Waals surface area (Å²) in [6.45, 7) is 2.14. The van der Waals surface area contributed by atoms with Crippen molar-refractivity contribution in [1.82, 2.24) is 0 Å². The molecular formula is C11H18O2. The van der Waals surface area contributed by atoms with Crippen LogP contribution in [0.1, 0.15) is 51.9 Å². The van der Waals surface area contributed by atoms with E-state index in [4.69, 9.17) is 0 Å². The van der Waals surface area contributed by atoms with Crippen LogP contribution in [0.5, 0.6) is 0 Å². The third-order valence-electron chi connectivity index (χ3n) is 2.53. The van der Waals surface area contributed by atoms with E-state index in [0.29, 0.717) is 24.2 Å². The Hall–Kier alpha value is -0.790. The lowest BCUT2D eigenvalue weighted by Gasteiger charge is -2.14. The number of hydrogen-bond donors (Lipinski definition) is 1. The maximum absolute atomic E-state index is 11.4. The van der Waals surface area contributed by atoms with Crippen molar-refractivity contribution in [3.63, 3.8) is 0 Å². The zero-order valence-electron chi connectivity index (χ0n) is 8.31. The largest absolute Gasteiger partial charge is 0.512 e. The van der Waals surface area contributed by atoms with Gasteiger partial charge in [0.2, 0.25) is 0 Å². The lowest BCUT2D eigenvalue weighted by atomic mass is 9.92. The molecule has 1 aliphatic carbocycles. The van der Waals surface area contributed by atoms with Gasteiger partial charge in [0.15, 0.2) is 5.78 Å². The lowest BCUT2D eigenvalue weighted by molar-refractivity contribution is -0.116. The Balaban J connectivity index is 2.48. The minimum Gasteiger partial charge on any atom is -0.512 e. The van der Waals surface area contributed by atoms with Crippen LogP contribution in [0.25, 0.3) is 0 Å². The van der Waals surface area contributed by atoms with Gasteiger partial charge in [-0.2, -0.15) is 0 Å². The topological polar surface area (TPSA) is 37.3 Å². The number of rotatable bonds is 4.